The molecule has 0 radical (unpaired) electrons. The van der Waals surface area contributed by atoms with Crippen LogP contribution in [0.4, 0.5) is 0 Å². The standard InChI is InChI=1S/C14H12ClN5O2S/c15-10-1-2-12(20-8-17-18-19-20)11(5-10)14(22)16-6-13(21)9-3-4-23-7-9/h1-5,7-8,13,21H,6H2,(H,16,22). The van der Waals surface area contributed by atoms with Crippen molar-refractivity contribution in [3.8, 4) is 5.69 Å². The fourth-order valence-corrected chi connectivity index (χ4v) is 2.91. The zero-order chi connectivity index (χ0) is 16.2. The Balaban J connectivity index is 1.78. The molecule has 0 saturated carbocycles. The number of amides is 1. The van der Waals surface area contributed by atoms with Crippen LogP contribution in [0.15, 0.2) is 41.4 Å². The van der Waals surface area contributed by atoms with Gasteiger partial charge >= 0.3 is 0 Å². The largest absolute Gasteiger partial charge is 0.387 e. The molecule has 1 aromatic carbocycles. The van der Waals surface area contributed by atoms with Gasteiger partial charge in [0.15, 0.2) is 0 Å². The lowest BCUT2D eigenvalue weighted by Gasteiger charge is -2.13. The van der Waals surface area contributed by atoms with Crippen LogP contribution in [-0.4, -0.2) is 37.8 Å². The second-order valence-electron chi connectivity index (χ2n) is 4.70. The lowest BCUT2D eigenvalue weighted by molar-refractivity contribution is 0.0916. The third kappa shape index (κ3) is 3.55. The molecular weight excluding hydrogens is 338 g/mol. The number of aliphatic hydroxyl groups excluding tert-OH is 1. The molecule has 0 spiro atoms. The van der Waals surface area contributed by atoms with E-state index >= 15 is 0 Å². The molecule has 0 aliphatic carbocycles. The fourth-order valence-electron chi connectivity index (χ4n) is 2.03. The molecule has 0 saturated heterocycles. The summed E-state index contributed by atoms with van der Waals surface area (Å²) in [5, 5.41) is 27.8. The molecule has 3 aromatic rings. The van der Waals surface area contributed by atoms with Gasteiger partial charge in [-0.3, -0.25) is 4.79 Å². The van der Waals surface area contributed by atoms with Crippen molar-refractivity contribution >= 4 is 28.8 Å². The van der Waals surface area contributed by atoms with Crippen molar-refractivity contribution in [2.45, 2.75) is 6.10 Å². The molecule has 0 bridgehead atoms. The molecule has 2 aromatic heterocycles. The number of carbonyl (C=O) groups is 1. The van der Waals surface area contributed by atoms with E-state index in [1.165, 1.54) is 28.4 Å². The van der Waals surface area contributed by atoms with E-state index < -0.39 is 6.10 Å². The monoisotopic (exact) mass is 349 g/mol. The number of nitrogens with zero attached hydrogens (tertiary/aromatic N) is 4. The van der Waals surface area contributed by atoms with Gasteiger partial charge in [0.2, 0.25) is 0 Å². The van der Waals surface area contributed by atoms with E-state index in [-0.39, 0.29) is 12.5 Å². The lowest BCUT2D eigenvalue weighted by Crippen LogP contribution is -2.29. The van der Waals surface area contributed by atoms with Crippen LogP contribution in [0.2, 0.25) is 5.02 Å². The van der Waals surface area contributed by atoms with E-state index in [4.69, 9.17) is 11.6 Å². The Hall–Kier alpha value is -2.29. The third-order valence-corrected chi connectivity index (χ3v) is 4.12. The van der Waals surface area contributed by atoms with Gasteiger partial charge in [-0.1, -0.05) is 11.6 Å². The minimum Gasteiger partial charge on any atom is -0.387 e. The third-order valence-electron chi connectivity index (χ3n) is 3.18. The second-order valence-corrected chi connectivity index (χ2v) is 5.91. The van der Waals surface area contributed by atoms with Crippen LogP contribution in [0.25, 0.3) is 5.69 Å². The highest BCUT2D eigenvalue weighted by molar-refractivity contribution is 7.07. The Labute approximate surface area is 140 Å². The van der Waals surface area contributed by atoms with Crippen LogP contribution in [0, 0.1) is 0 Å². The Kier molecular flexibility index (Phi) is 4.65. The molecule has 1 atom stereocenters. The van der Waals surface area contributed by atoms with E-state index in [1.54, 1.807) is 12.1 Å². The van der Waals surface area contributed by atoms with E-state index in [0.717, 1.165) is 5.56 Å². The van der Waals surface area contributed by atoms with Crippen molar-refractivity contribution in [3.05, 3.63) is 57.5 Å². The number of aromatic nitrogens is 4. The predicted octanol–water partition coefficient (Wildman–Crippen LogP) is 1.84. The molecule has 2 N–H and O–H groups in total. The van der Waals surface area contributed by atoms with Gasteiger partial charge in [0.25, 0.3) is 5.91 Å². The quantitative estimate of drug-likeness (QED) is 0.733. The number of tetrazole rings is 1. The summed E-state index contributed by atoms with van der Waals surface area (Å²) in [4.78, 5) is 12.4. The van der Waals surface area contributed by atoms with Crippen LogP contribution < -0.4 is 5.32 Å². The molecule has 0 aliphatic rings. The molecule has 9 heteroatoms. The summed E-state index contributed by atoms with van der Waals surface area (Å²) in [7, 11) is 0. The molecule has 0 aliphatic heterocycles. The molecule has 7 nitrogen and oxygen atoms in total. The van der Waals surface area contributed by atoms with E-state index in [0.29, 0.717) is 16.3 Å². The maximum Gasteiger partial charge on any atom is 0.253 e. The maximum absolute atomic E-state index is 12.4. The number of aliphatic hydroxyl groups is 1. The van der Waals surface area contributed by atoms with E-state index in [2.05, 4.69) is 20.8 Å². The summed E-state index contributed by atoms with van der Waals surface area (Å²) in [5.74, 6) is -0.368. The zero-order valence-corrected chi connectivity index (χ0v) is 13.3. The minimum atomic E-state index is -0.763. The van der Waals surface area contributed by atoms with Crippen LogP contribution in [0.1, 0.15) is 22.0 Å². The molecule has 3 rings (SSSR count). The highest BCUT2D eigenvalue weighted by Gasteiger charge is 2.16. The molecule has 0 fully saturated rings. The lowest BCUT2D eigenvalue weighted by atomic mass is 10.1. The molecule has 1 unspecified atom stereocenters. The van der Waals surface area contributed by atoms with Crippen LogP contribution in [0.5, 0.6) is 0 Å². The number of nitrogens with one attached hydrogen (secondary N) is 1. The first-order valence-corrected chi connectivity index (χ1v) is 7.98. The highest BCUT2D eigenvalue weighted by Crippen LogP contribution is 2.20. The summed E-state index contributed by atoms with van der Waals surface area (Å²) in [5.41, 5.74) is 1.59. The van der Waals surface area contributed by atoms with Gasteiger partial charge in [0.1, 0.15) is 6.33 Å². The number of halogens is 1. The molecule has 2 heterocycles. The number of carbonyl (C=O) groups excluding carboxylic acids is 1. The summed E-state index contributed by atoms with van der Waals surface area (Å²) < 4.78 is 1.38. The van der Waals surface area contributed by atoms with Crippen molar-refractivity contribution in [3.63, 3.8) is 0 Å². The van der Waals surface area contributed by atoms with Gasteiger partial charge in [-0.15, -0.1) is 5.10 Å². The number of thiophene rings is 1. The number of hydrogen-bond donors (Lipinski definition) is 2. The number of hydrogen-bond acceptors (Lipinski definition) is 6. The minimum absolute atomic E-state index is 0.0944. The first-order chi connectivity index (χ1) is 11.1. The van der Waals surface area contributed by atoms with E-state index in [9.17, 15) is 9.90 Å². The Bertz CT molecular complexity index is 792. The van der Waals surface area contributed by atoms with Gasteiger partial charge in [0, 0.05) is 11.6 Å². The maximum atomic E-state index is 12.4. The first-order valence-electron chi connectivity index (χ1n) is 6.66. The molecule has 23 heavy (non-hydrogen) atoms. The van der Waals surface area contributed by atoms with Crippen LogP contribution in [-0.2, 0) is 0 Å². The van der Waals surface area contributed by atoms with Crippen LogP contribution >= 0.6 is 22.9 Å². The van der Waals surface area contributed by atoms with Crippen molar-refractivity contribution in [1.29, 1.82) is 0 Å². The number of rotatable bonds is 5. The predicted molar refractivity (Wildman–Crippen MR) is 85.8 cm³/mol. The Morgan fingerprint density at radius 1 is 1.43 bits per heavy atom. The Morgan fingerprint density at radius 3 is 3.00 bits per heavy atom. The van der Waals surface area contributed by atoms with Crippen molar-refractivity contribution < 1.29 is 9.90 Å². The average Bonchev–Trinajstić information content (AvgIpc) is 3.25. The topological polar surface area (TPSA) is 92.9 Å². The number of benzene rings is 1. The molecule has 1 amide bonds. The van der Waals surface area contributed by atoms with Crippen LogP contribution in [0.3, 0.4) is 0 Å². The van der Waals surface area contributed by atoms with Gasteiger partial charge in [-0.25, -0.2) is 0 Å². The summed E-state index contributed by atoms with van der Waals surface area (Å²) in [6, 6.07) is 6.65. The van der Waals surface area contributed by atoms with E-state index in [1.807, 2.05) is 16.8 Å². The zero-order valence-electron chi connectivity index (χ0n) is 11.8. The normalized spacial score (nSPS) is 12.1. The van der Waals surface area contributed by atoms with Crippen molar-refractivity contribution in [2.75, 3.05) is 6.54 Å². The fraction of sp³-hybridized carbons (Fsp3) is 0.143. The van der Waals surface area contributed by atoms with Gasteiger partial charge < -0.3 is 10.4 Å². The highest BCUT2D eigenvalue weighted by atomic mass is 35.5. The molecular formula is C14H12ClN5O2S. The van der Waals surface area contributed by atoms with Gasteiger partial charge in [-0.05, 0) is 51.0 Å². The van der Waals surface area contributed by atoms with Gasteiger partial charge in [0.05, 0.1) is 17.4 Å². The summed E-state index contributed by atoms with van der Waals surface area (Å²) in [6.07, 6.45) is 0.626. The second kappa shape index (κ2) is 6.86. The van der Waals surface area contributed by atoms with Gasteiger partial charge in [-0.2, -0.15) is 16.0 Å². The SMILES string of the molecule is O=C(NCC(O)c1ccsc1)c1cc(Cl)ccc1-n1cnnn1. The van der Waals surface area contributed by atoms with Crippen molar-refractivity contribution in [1.82, 2.24) is 25.5 Å². The average molecular weight is 350 g/mol. The Morgan fingerprint density at radius 2 is 2.30 bits per heavy atom. The summed E-state index contributed by atoms with van der Waals surface area (Å²) >= 11 is 7.46. The first kappa shape index (κ1) is 15.6. The van der Waals surface area contributed by atoms with Crippen molar-refractivity contribution in [2.24, 2.45) is 0 Å². The smallest absolute Gasteiger partial charge is 0.253 e. The molecule has 118 valence electrons. The summed E-state index contributed by atoms with van der Waals surface area (Å²) in [6.45, 7) is 0.0944.